The molecule has 0 saturated heterocycles. The minimum Gasteiger partial charge on any atom is -0.362 e. The summed E-state index contributed by atoms with van der Waals surface area (Å²) in [6.45, 7) is 0.343. The highest BCUT2D eigenvalue weighted by Crippen LogP contribution is 2.28. The fourth-order valence-electron chi connectivity index (χ4n) is 4.13. The lowest BCUT2D eigenvalue weighted by Crippen LogP contribution is -2.35. The van der Waals surface area contributed by atoms with Crippen LogP contribution in [-0.2, 0) is 11.3 Å². The molecule has 1 aromatic heterocycles. The number of nitrogens with one attached hydrogen (secondary N) is 2. The number of hydrogen-bond acceptors (Lipinski definition) is 5. The van der Waals surface area contributed by atoms with E-state index in [0.29, 0.717) is 12.5 Å². The van der Waals surface area contributed by atoms with Crippen molar-refractivity contribution in [3.63, 3.8) is 0 Å². The summed E-state index contributed by atoms with van der Waals surface area (Å²) in [5, 5.41) is 7.50. The molecule has 1 aliphatic carbocycles. The molecule has 4 rings (SSSR count). The smallest absolute Gasteiger partial charge is 0.225 e. The van der Waals surface area contributed by atoms with Crippen molar-refractivity contribution in [1.82, 2.24) is 15.3 Å². The van der Waals surface area contributed by atoms with Crippen molar-refractivity contribution < 1.29 is 9.18 Å². The van der Waals surface area contributed by atoms with Gasteiger partial charge in [0.25, 0.3) is 0 Å². The van der Waals surface area contributed by atoms with Gasteiger partial charge in [0.1, 0.15) is 11.6 Å². The molecule has 0 spiro atoms. The normalized spacial score (nSPS) is 18.4. The Morgan fingerprint density at radius 2 is 1.88 bits per heavy atom. The first-order valence-corrected chi connectivity index (χ1v) is 11.2. The molecule has 32 heavy (non-hydrogen) atoms. The van der Waals surface area contributed by atoms with E-state index < -0.39 is 5.82 Å². The van der Waals surface area contributed by atoms with E-state index in [1.807, 2.05) is 43.3 Å². The zero-order chi connectivity index (χ0) is 22.7. The lowest BCUT2D eigenvalue weighted by molar-refractivity contribution is -0.126. The molecule has 2 aromatic carbocycles. The Labute approximate surface area is 192 Å². The predicted molar refractivity (Wildman–Crippen MR) is 126 cm³/mol. The minimum absolute atomic E-state index is 0.0285. The third kappa shape index (κ3) is 5.10. The van der Waals surface area contributed by atoms with Crippen LogP contribution in [0.2, 0.25) is 5.02 Å². The van der Waals surface area contributed by atoms with E-state index in [1.165, 1.54) is 6.07 Å². The maximum atomic E-state index is 13.3. The lowest BCUT2D eigenvalue weighted by Gasteiger charge is -2.28. The van der Waals surface area contributed by atoms with Gasteiger partial charge in [-0.2, -0.15) is 4.98 Å². The third-order valence-corrected chi connectivity index (χ3v) is 6.18. The van der Waals surface area contributed by atoms with Crippen LogP contribution in [0.3, 0.4) is 0 Å². The van der Waals surface area contributed by atoms with Gasteiger partial charge in [0, 0.05) is 38.0 Å². The number of hydrogen-bond donors (Lipinski definition) is 2. The Morgan fingerprint density at radius 1 is 1.12 bits per heavy atom. The summed E-state index contributed by atoms with van der Waals surface area (Å²) in [4.78, 5) is 24.0. The Balaban J connectivity index is 1.33. The molecule has 8 heteroatoms. The van der Waals surface area contributed by atoms with Crippen LogP contribution < -0.4 is 15.5 Å². The molecule has 1 saturated carbocycles. The van der Waals surface area contributed by atoms with Crippen LogP contribution in [0.4, 0.5) is 16.2 Å². The van der Waals surface area contributed by atoms with Crippen molar-refractivity contribution in [2.45, 2.75) is 38.3 Å². The van der Waals surface area contributed by atoms with Crippen LogP contribution in [0, 0.1) is 11.7 Å². The van der Waals surface area contributed by atoms with Crippen molar-refractivity contribution >= 4 is 40.2 Å². The number of anilines is 2. The molecule has 0 radical (unpaired) electrons. The van der Waals surface area contributed by atoms with Crippen molar-refractivity contribution in [3.8, 4) is 0 Å². The molecule has 0 aliphatic heterocycles. The van der Waals surface area contributed by atoms with E-state index in [2.05, 4.69) is 15.6 Å². The summed E-state index contributed by atoms with van der Waals surface area (Å²) in [7, 11) is 3.95. The monoisotopic (exact) mass is 455 g/mol. The second-order valence-electron chi connectivity index (χ2n) is 8.44. The molecular formula is C24H27ClFN5O. The number of benzene rings is 2. The van der Waals surface area contributed by atoms with Gasteiger partial charge in [0.2, 0.25) is 11.9 Å². The molecule has 1 heterocycles. The quantitative estimate of drug-likeness (QED) is 0.560. The molecule has 2 N–H and O–H groups in total. The molecule has 6 nitrogen and oxygen atoms in total. The van der Waals surface area contributed by atoms with Crippen molar-refractivity contribution in [2.24, 2.45) is 5.92 Å². The highest BCUT2D eigenvalue weighted by Gasteiger charge is 2.26. The molecule has 0 atom stereocenters. The van der Waals surface area contributed by atoms with Crippen molar-refractivity contribution in [1.29, 1.82) is 0 Å². The fraction of sp³-hybridized carbons (Fsp3) is 0.375. The number of amides is 1. The van der Waals surface area contributed by atoms with Gasteiger partial charge in [-0.25, -0.2) is 9.37 Å². The zero-order valence-corrected chi connectivity index (χ0v) is 19.0. The summed E-state index contributed by atoms with van der Waals surface area (Å²) >= 11 is 5.81. The lowest BCUT2D eigenvalue weighted by atomic mass is 9.85. The van der Waals surface area contributed by atoms with Crippen LogP contribution in [0.1, 0.15) is 31.2 Å². The number of halogens is 2. The standard InChI is InChI=1S/C24H27ClFN5O/c1-31(2)22-18-5-3-4-6-21(18)29-24(30-22)28-17-10-8-16(9-11-17)23(32)27-14-15-7-12-20(26)19(25)13-15/h3-7,12-13,16-17H,8-11,14H2,1-2H3,(H,27,32)(H,28,29,30). The number of fused-ring (bicyclic) bond motifs is 1. The van der Waals surface area contributed by atoms with Crippen LogP contribution in [0.15, 0.2) is 42.5 Å². The molecule has 1 fully saturated rings. The molecule has 0 bridgehead atoms. The minimum atomic E-state index is -0.458. The highest BCUT2D eigenvalue weighted by atomic mass is 35.5. The molecule has 168 valence electrons. The molecule has 0 unspecified atom stereocenters. The van der Waals surface area contributed by atoms with E-state index in [9.17, 15) is 9.18 Å². The van der Waals surface area contributed by atoms with Crippen molar-refractivity contribution in [2.75, 3.05) is 24.3 Å². The average Bonchev–Trinajstić information content (AvgIpc) is 2.79. The molecule has 3 aromatic rings. The number of nitrogens with zero attached hydrogens (tertiary/aromatic N) is 3. The first-order chi connectivity index (χ1) is 15.4. The van der Waals surface area contributed by atoms with E-state index in [0.717, 1.165) is 48.0 Å². The van der Waals surface area contributed by atoms with E-state index >= 15 is 0 Å². The first-order valence-electron chi connectivity index (χ1n) is 10.8. The number of rotatable bonds is 6. The van der Waals surface area contributed by atoms with Gasteiger partial charge in [-0.05, 0) is 55.5 Å². The maximum absolute atomic E-state index is 13.3. The zero-order valence-electron chi connectivity index (χ0n) is 18.2. The van der Waals surface area contributed by atoms with Gasteiger partial charge >= 0.3 is 0 Å². The number of aromatic nitrogens is 2. The van der Waals surface area contributed by atoms with Crippen LogP contribution in [-0.4, -0.2) is 36.0 Å². The largest absolute Gasteiger partial charge is 0.362 e. The molecule has 1 amide bonds. The Bertz CT molecular complexity index is 1110. The highest BCUT2D eigenvalue weighted by molar-refractivity contribution is 6.30. The maximum Gasteiger partial charge on any atom is 0.225 e. The number of para-hydroxylation sites is 1. The Kier molecular flexibility index (Phi) is 6.74. The van der Waals surface area contributed by atoms with Gasteiger partial charge in [0.05, 0.1) is 10.5 Å². The summed E-state index contributed by atoms with van der Waals surface area (Å²) < 4.78 is 13.3. The average molecular weight is 456 g/mol. The topological polar surface area (TPSA) is 70.2 Å². The molecule has 1 aliphatic rings. The van der Waals surface area contributed by atoms with E-state index in [4.69, 9.17) is 16.6 Å². The Morgan fingerprint density at radius 3 is 2.59 bits per heavy atom. The van der Waals surface area contributed by atoms with Gasteiger partial charge in [-0.15, -0.1) is 0 Å². The summed E-state index contributed by atoms with van der Waals surface area (Å²) in [6.07, 6.45) is 3.32. The van der Waals surface area contributed by atoms with E-state index in [-0.39, 0.29) is 22.9 Å². The van der Waals surface area contributed by atoms with Gasteiger partial charge < -0.3 is 15.5 Å². The second-order valence-corrected chi connectivity index (χ2v) is 8.85. The summed E-state index contributed by atoms with van der Waals surface area (Å²) in [5.74, 6) is 1.04. The fourth-order valence-corrected chi connectivity index (χ4v) is 4.33. The molecular weight excluding hydrogens is 429 g/mol. The SMILES string of the molecule is CN(C)c1nc(NC2CCC(C(=O)NCc3ccc(F)c(Cl)c3)CC2)nc2ccccc12. The van der Waals surface area contributed by atoms with Gasteiger partial charge in [0.15, 0.2) is 0 Å². The van der Waals surface area contributed by atoms with Gasteiger partial charge in [-0.3, -0.25) is 4.79 Å². The van der Waals surface area contributed by atoms with Crippen LogP contribution >= 0.6 is 11.6 Å². The number of carbonyl (C=O) groups is 1. The van der Waals surface area contributed by atoms with Gasteiger partial charge in [-0.1, -0.05) is 29.8 Å². The van der Waals surface area contributed by atoms with Crippen LogP contribution in [0.25, 0.3) is 10.9 Å². The second kappa shape index (κ2) is 9.69. The van der Waals surface area contributed by atoms with Crippen molar-refractivity contribution in [3.05, 3.63) is 58.9 Å². The van der Waals surface area contributed by atoms with E-state index in [1.54, 1.807) is 12.1 Å². The summed E-state index contributed by atoms with van der Waals surface area (Å²) in [5.41, 5.74) is 1.69. The first kappa shape index (κ1) is 22.3. The third-order valence-electron chi connectivity index (χ3n) is 5.89. The predicted octanol–water partition coefficient (Wildman–Crippen LogP) is 4.78. The van der Waals surface area contributed by atoms with Crippen LogP contribution in [0.5, 0.6) is 0 Å². The number of carbonyl (C=O) groups excluding carboxylic acids is 1. The Hall–Kier alpha value is -2.93. The summed E-state index contributed by atoms with van der Waals surface area (Å²) in [6, 6.07) is 12.7.